The zero-order chi connectivity index (χ0) is 26.7. The van der Waals surface area contributed by atoms with E-state index in [1.807, 2.05) is 18.7 Å². The number of aromatic amines is 1. The van der Waals surface area contributed by atoms with Crippen molar-refractivity contribution in [2.24, 2.45) is 0 Å². The highest BCUT2D eigenvalue weighted by Gasteiger charge is 2.35. The Morgan fingerprint density at radius 2 is 1.73 bits per heavy atom. The lowest BCUT2D eigenvalue weighted by atomic mass is 10.0. The minimum Gasteiger partial charge on any atom is -0.360 e. The average Bonchev–Trinajstić information content (AvgIpc) is 3.34. The number of Topliss-reactive ketones (excluding diaryl/α,β-unsaturated/α-hetero) is 1. The summed E-state index contributed by atoms with van der Waals surface area (Å²) in [7, 11) is 0. The summed E-state index contributed by atoms with van der Waals surface area (Å²) in [4.78, 5) is 48.2. The normalized spacial score (nSPS) is 18.2. The molecule has 0 saturated carbocycles. The molecule has 4 rings (SSSR count). The van der Waals surface area contributed by atoms with Gasteiger partial charge in [-0.05, 0) is 63.1 Å². The van der Waals surface area contributed by atoms with Gasteiger partial charge in [0.05, 0.1) is 5.56 Å². The highest BCUT2D eigenvalue weighted by atomic mass is 19.1. The van der Waals surface area contributed by atoms with Crippen LogP contribution in [0.3, 0.4) is 0 Å². The van der Waals surface area contributed by atoms with Crippen LogP contribution < -0.4 is 0 Å². The lowest BCUT2D eigenvalue weighted by Crippen LogP contribution is -2.58. The lowest BCUT2D eigenvalue weighted by molar-refractivity contribution is -0.126. The molecule has 2 heterocycles. The molecule has 0 aliphatic carbocycles. The Kier molecular flexibility index (Phi) is 8.07. The van der Waals surface area contributed by atoms with Crippen LogP contribution in [0.25, 0.3) is 10.9 Å². The number of hydrogen-bond acceptors (Lipinski definition) is 4. The molecule has 1 fully saturated rings. The monoisotopic (exact) mass is 506 g/mol. The Hall–Kier alpha value is -3.52. The van der Waals surface area contributed by atoms with Gasteiger partial charge in [0.25, 0.3) is 11.8 Å². The van der Waals surface area contributed by atoms with Crippen molar-refractivity contribution >= 4 is 28.5 Å². The van der Waals surface area contributed by atoms with Gasteiger partial charge in [-0.15, -0.1) is 0 Å². The van der Waals surface area contributed by atoms with Gasteiger partial charge in [-0.2, -0.15) is 0 Å². The molecule has 2 atom stereocenters. The Morgan fingerprint density at radius 1 is 1.03 bits per heavy atom. The van der Waals surface area contributed by atoms with Crippen LogP contribution in [-0.2, 0) is 11.3 Å². The first kappa shape index (κ1) is 26.5. The zero-order valence-electron chi connectivity index (χ0n) is 22.0. The van der Waals surface area contributed by atoms with Crippen LogP contribution in [0.2, 0.25) is 0 Å². The van der Waals surface area contributed by atoms with Gasteiger partial charge in [0, 0.05) is 67.5 Å². The summed E-state index contributed by atoms with van der Waals surface area (Å²) in [5, 5.41) is 0.638. The van der Waals surface area contributed by atoms with Gasteiger partial charge in [0.2, 0.25) is 5.78 Å². The molecule has 1 aromatic heterocycles. The fourth-order valence-corrected chi connectivity index (χ4v) is 5.11. The number of carbonyl (C=O) groups excluding carboxylic acids is 3. The SMILES string of the molecule is CC[C@@H]1CN(Cc2ccc(F)cc2)[C@@H](C)CN1C(=O)c1c[nH]c2ccc(C(=O)C(=O)N(CC)CC)cc12. The predicted molar refractivity (Wildman–Crippen MR) is 142 cm³/mol. The van der Waals surface area contributed by atoms with Crippen LogP contribution in [0.1, 0.15) is 60.4 Å². The van der Waals surface area contributed by atoms with Crippen molar-refractivity contribution in [1.82, 2.24) is 19.7 Å². The molecule has 2 aromatic carbocycles. The second-order valence-corrected chi connectivity index (χ2v) is 9.69. The largest absolute Gasteiger partial charge is 0.360 e. The van der Waals surface area contributed by atoms with Crippen LogP contribution in [0, 0.1) is 5.82 Å². The number of nitrogens with zero attached hydrogens (tertiary/aromatic N) is 3. The number of fused-ring (bicyclic) bond motifs is 1. The Labute approximate surface area is 217 Å². The molecule has 3 aromatic rings. The number of ketones is 1. The summed E-state index contributed by atoms with van der Waals surface area (Å²) in [6.45, 7) is 10.7. The third-order valence-corrected chi connectivity index (χ3v) is 7.42. The Balaban J connectivity index is 1.56. The number of rotatable bonds is 8. The first-order chi connectivity index (χ1) is 17.8. The van der Waals surface area contributed by atoms with E-state index >= 15 is 0 Å². The predicted octanol–water partition coefficient (Wildman–Crippen LogP) is 4.48. The summed E-state index contributed by atoms with van der Waals surface area (Å²) in [5.74, 6) is -1.45. The van der Waals surface area contributed by atoms with Gasteiger partial charge in [-0.1, -0.05) is 19.1 Å². The number of carbonyl (C=O) groups is 3. The third-order valence-electron chi connectivity index (χ3n) is 7.42. The van der Waals surface area contributed by atoms with Gasteiger partial charge in [-0.3, -0.25) is 19.3 Å². The van der Waals surface area contributed by atoms with E-state index in [0.717, 1.165) is 17.5 Å². The number of hydrogen-bond donors (Lipinski definition) is 1. The number of benzene rings is 2. The number of nitrogens with one attached hydrogen (secondary N) is 1. The first-order valence-electron chi connectivity index (χ1n) is 13.0. The molecule has 1 aliphatic rings. The van der Waals surface area contributed by atoms with Crippen LogP contribution in [0.15, 0.2) is 48.7 Å². The average molecular weight is 507 g/mol. The molecule has 8 heteroatoms. The van der Waals surface area contributed by atoms with Crippen molar-refractivity contribution in [3.63, 3.8) is 0 Å². The number of piperazine rings is 1. The van der Waals surface area contributed by atoms with Crippen LogP contribution in [0.5, 0.6) is 0 Å². The van der Waals surface area contributed by atoms with Crippen molar-refractivity contribution in [3.05, 3.63) is 71.2 Å². The second-order valence-electron chi connectivity index (χ2n) is 9.69. The van der Waals surface area contributed by atoms with Gasteiger partial charge < -0.3 is 14.8 Å². The smallest absolute Gasteiger partial charge is 0.294 e. The fraction of sp³-hybridized carbons (Fsp3) is 0.414. The molecule has 0 unspecified atom stereocenters. The quantitative estimate of drug-likeness (QED) is 0.361. The van der Waals surface area contributed by atoms with E-state index in [2.05, 4.69) is 23.7 Å². The van der Waals surface area contributed by atoms with Crippen LogP contribution in [0.4, 0.5) is 4.39 Å². The summed E-state index contributed by atoms with van der Waals surface area (Å²) < 4.78 is 13.3. The van der Waals surface area contributed by atoms with E-state index in [0.29, 0.717) is 43.7 Å². The topological polar surface area (TPSA) is 76.7 Å². The van der Waals surface area contributed by atoms with Crippen LogP contribution >= 0.6 is 0 Å². The summed E-state index contributed by atoms with van der Waals surface area (Å²) >= 11 is 0. The number of halogens is 1. The minimum absolute atomic E-state index is 0.0168. The van der Waals surface area contributed by atoms with Crippen molar-refractivity contribution in [3.8, 4) is 0 Å². The van der Waals surface area contributed by atoms with Crippen molar-refractivity contribution in [2.75, 3.05) is 26.2 Å². The number of amides is 2. The summed E-state index contributed by atoms with van der Waals surface area (Å²) in [6, 6.07) is 11.7. The van der Waals surface area contributed by atoms with Gasteiger partial charge >= 0.3 is 0 Å². The molecule has 1 saturated heterocycles. The van der Waals surface area contributed by atoms with E-state index in [4.69, 9.17) is 0 Å². The highest BCUT2D eigenvalue weighted by Crippen LogP contribution is 2.26. The van der Waals surface area contributed by atoms with Gasteiger partial charge in [-0.25, -0.2) is 4.39 Å². The van der Waals surface area contributed by atoms with E-state index in [1.165, 1.54) is 17.0 Å². The molecule has 1 N–H and O–H groups in total. The highest BCUT2D eigenvalue weighted by molar-refractivity contribution is 6.43. The van der Waals surface area contributed by atoms with E-state index < -0.39 is 11.7 Å². The lowest BCUT2D eigenvalue weighted by Gasteiger charge is -2.45. The summed E-state index contributed by atoms with van der Waals surface area (Å²) in [6.07, 6.45) is 2.48. The Morgan fingerprint density at radius 3 is 2.38 bits per heavy atom. The molecule has 0 bridgehead atoms. The maximum atomic E-state index is 13.8. The van der Waals surface area contributed by atoms with E-state index in [9.17, 15) is 18.8 Å². The molecule has 1 aliphatic heterocycles. The van der Waals surface area contributed by atoms with Crippen LogP contribution in [-0.4, -0.2) is 75.5 Å². The van der Waals surface area contributed by atoms with Crippen molar-refractivity contribution in [1.29, 1.82) is 0 Å². The molecule has 2 amide bonds. The van der Waals surface area contributed by atoms with Crippen molar-refractivity contribution < 1.29 is 18.8 Å². The third kappa shape index (κ3) is 5.44. The molecular formula is C29H35FN4O3. The molecule has 196 valence electrons. The molecule has 0 radical (unpaired) electrons. The molecule has 37 heavy (non-hydrogen) atoms. The number of likely N-dealkylation sites (N-methyl/N-ethyl adjacent to an activating group) is 1. The maximum absolute atomic E-state index is 13.8. The second kappa shape index (κ2) is 11.3. The first-order valence-corrected chi connectivity index (χ1v) is 13.0. The van der Waals surface area contributed by atoms with Gasteiger partial charge in [0.1, 0.15) is 5.82 Å². The number of H-pyrrole nitrogens is 1. The van der Waals surface area contributed by atoms with E-state index in [-0.39, 0.29) is 29.4 Å². The fourth-order valence-electron chi connectivity index (χ4n) is 5.11. The zero-order valence-corrected chi connectivity index (χ0v) is 22.0. The Bertz CT molecular complexity index is 1280. The standard InChI is InChI=1S/C29H35FN4O3/c1-5-23-18-33(17-20-8-11-22(30)12-9-20)19(4)16-34(23)28(36)25-15-31-26-13-10-21(14-24(25)26)27(35)29(37)32(6-2)7-3/h8-15,19,23,31H,5-7,16-18H2,1-4H3/t19-,23+/m0/s1. The molecule has 7 nitrogen and oxygen atoms in total. The number of aromatic nitrogens is 1. The van der Waals surface area contributed by atoms with E-state index in [1.54, 1.807) is 36.5 Å². The maximum Gasteiger partial charge on any atom is 0.294 e. The minimum atomic E-state index is -0.570. The summed E-state index contributed by atoms with van der Waals surface area (Å²) in [5.41, 5.74) is 2.56. The molecule has 0 spiro atoms. The molecular weight excluding hydrogens is 471 g/mol. The van der Waals surface area contributed by atoms with Crippen molar-refractivity contribution in [2.45, 2.75) is 52.7 Å². The van der Waals surface area contributed by atoms with Gasteiger partial charge in [0.15, 0.2) is 0 Å².